The van der Waals surface area contributed by atoms with E-state index >= 15 is 0 Å². The number of nitro groups is 1. The van der Waals surface area contributed by atoms with Crippen LogP contribution in [0.3, 0.4) is 0 Å². The number of non-ortho nitro benzene ring substituents is 1. The summed E-state index contributed by atoms with van der Waals surface area (Å²) in [5, 5.41) is 14.0. The van der Waals surface area contributed by atoms with Crippen LogP contribution in [0.4, 0.5) is 17.1 Å². The van der Waals surface area contributed by atoms with Crippen LogP contribution < -0.4 is 10.2 Å². The van der Waals surface area contributed by atoms with Crippen molar-refractivity contribution in [1.29, 1.82) is 0 Å². The van der Waals surface area contributed by atoms with Crippen molar-refractivity contribution in [3.8, 4) is 0 Å². The maximum Gasteiger partial charge on any atom is 0.269 e. The van der Waals surface area contributed by atoms with Gasteiger partial charge in [-0.2, -0.15) is 0 Å². The van der Waals surface area contributed by atoms with Crippen molar-refractivity contribution in [3.63, 3.8) is 0 Å². The van der Waals surface area contributed by atoms with Gasteiger partial charge in [-0.05, 0) is 66.9 Å². The first kappa shape index (κ1) is 25.3. The zero-order chi connectivity index (χ0) is 26.4. The van der Waals surface area contributed by atoms with Crippen LogP contribution in [0.2, 0.25) is 0 Å². The van der Waals surface area contributed by atoms with E-state index in [0.717, 1.165) is 27.9 Å². The molecule has 0 aromatic heterocycles. The molecule has 0 bridgehead atoms. The Labute approximate surface area is 215 Å². The Hall–Kier alpha value is -4.78. The lowest BCUT2D eigenvalue weighted by Crippen LogP contribution is -2.30. The molecule has 7 nitrogen and oxygen atoms in total. The fourth-order valence-corrected chi connectivity index (χ4v) is 3.99. The highest BCUT2D eigenvalue weighted by Crippen LogP contribution is 2.24. The summed E-state index contributed by atoms with van der Waals surface area (Å²) in [5.74, 6) is -0.452. The Morgan fingerprint density at radius 1 is 0.811 bits per heavy atom. The molecule has 4 aromatic rings. The zero-order valence-electron chi connectivity index (χ0n) is 20.7. The molecule has 0 unspecified atom stereocenters. The number of carbonyl (C=O) groups excluding carboxylic acids is 2. The number of nitro benzene ring substituents is 1. The van der Waals surface area contributed by atoms with Crippen LogP contribution in [0.15, 0.2) is 97.1 Å². The topological polar surface area (TPSA) is 92.6 Å². The van der Waals surface area contributed by atoms with E-state index in [4.69, 9.17) is 0 Å². The minimum atomic E-state index is -0.496. The Bertz CT molecular complexity index is 1430. The summed E-state index contributed by atoms with van der Waals surface area (Å²) in [6.07, 6.45) is 0.145. The standard InChI is InChI=1S/C30H27N3O4/c1-21-9-11-23(12-10-21)20-32(30(35)25-13-15-27(16-14-25)33(36)37)28-8-4-6-24(18-28)19-29(34)31-26-7-3-5-22(2)17-26/h3-18H,19-20H2,1-2H3,(H,31,34). The van der Waals surface area contributed by atoms with Crippen molar-refractivity contribution in [3.05, 3.63) is 135 Å². The normalized spacial score (nSPS) is 10.5. The van der Waals surface area contributed by atoms with E-state index < -0.39 is 4.92 Å². The van der Waals surface area contributed by atoms with Gasteiger partial charge in [0, 0.05) is 29.1 Å². The summed E-state index contributed by atoms with van der Waals surface area (Å²) in [4.78, 5) is 38.4. The van der Waals surface area contributed by atoms with Gasteiger partial charge in [-0.25, -0.2) is 0 Å². The highest BCUT2D eigenvalue weighted by molar-refractivity contribution is 6.06. The number of hydrogen-bond acceptors (Lipinski definition) is 4. The first-order valence-electron chi connectivity index (χ1n) is 11.9. The molecule has 2 amide bonds. The first-order valence-corrected chi connectivity index (χ1v) is 11.9. The van der Waals surface area contributed by atoms with Crippen molar-refractivity contribution < 1.29 is 14.5 Å². The molecular formula is C30H27N3O4. The largest absolute Gasteiger partial charge is 0.326 e. The highest BCUT2D eigenvalue weighted by atomic mass is 16.6. The molecule has 0 saturated heterocycles. The van der Waals surface area contributed by atoms with E-state index in [1.807, 2.05) is 86.6 Å². The summed E-state index contributed by atoms with van der Waals surface area (Å²) in [6.45, 7) is 4.26. The number of nitrogens with one attached hydrogen (secondary N) is 1. The van der Waals surface area contributed by atoms with Gasteiger partial charge in [0.1, 0.15) is 0 Å². The molecular weight excluding hydrogens is 466 g/mol. The average molecular weight is 494 g/mol. The van der Waals surface area contributed by atoms with E-state index in [0.29, 0.717) is 17.8 Å². The Kier molecular flexibility index (Phi) is 7.74. The van der Waals surface area contributed by atoms with Gasteiger partial charge in [-0.1, -0.05) is 54.1 Å². The third kappa shape index (κ3) is 6.67. The molecule has 0 aliphatic carbocycles. The fraction of sp³-hybridized carbons (Fsp3) is 0.133. The number of benzene rings is 4. The smallest absolute Gasteiger partial charge is 0.269 e. The lowest BCUT2D eigenvalue weighted by molar-refractivity contribution is -0.384. The lowest BCUT2D eigenvalue weighted by atomic mass is 10.1. The van der Waals surface area contributed by atoms with Crippen LogP contribution in [0, 0.1) is 24.0 Å². The predicted molar refractivity (Wildman–Crippen MR) is 145 cm³/mol. The molecule has 0 atom stereocenters. The van der Waals surface area contributed by atoms with Crippen LogP contribution in [0.5, 0.6) is 0 Å². The molecule has 4 aromatic carbocycles. The first-order chi connectivity index (χ1) is 17.8. The molecule has 0 radical (unpaired) electrons. The van der Waals surface area contributed by atoms with Gasteiger partial charge in [-0.3, -0.25) is 19.7 Å². The third-order valence-corrected chi connectivity index (χ3v) is 5.92. The van der Waals surface area contributed by atoms with Gasteiger partial charge >= 0.3 is 0 Å². The Morgan fingerprint density at radius 3 is 2.19 bits per heavy atom. The predicted octanol–water partition coefficient (Wildman–Crippen LogP) is 6.24. The molecule has 4 rings (SSSR count). The maximum atomic E-state index is 13.6. The van der Waals surface area contributed by atoms with E-state index in [2.05, 4.69) is 5.32 Å². The second-order valence-electron chi connectivity index (χ2n) is 8.95. The molecule has 0 aliphatic rings. The average Bonchev–Trinajstić information content (AvgIpc) is 2.88. The minimum absolute atomic E-state index is 0.0803. The number of anilines is 2. The van der Waals surface area contributed by atoms with Crippen molar-refractivity contribution in [2.75, 3.05) is 10.2 Å². The molecule has 1 N–H and O–H groups in total. The van der Waals surface area contributed by atoms with Gasteiger partial charge in [0.05, 0.1) is 17.9 Å². The number of rotatable bonds is 8. The van der Waals surface area contributed by atoms with Gasteiger partial charge in [-0.15, -0.1) is 0 Å². The number of hydrogen-bond donors (Lipinski definition) is 1. The minimum Gasteiger partial charge on any atom is -0.326 e. The molecule has 186 valence electrons. The molecule has 0 fully saturated rings. The third-order valence-electron chi connectivity index (χ3n) is 5.92. The van der Waals surface area contributed by atoms with Crippen molar-refractivity contribution in [2.45, 2.75) is 26.8 Å². The summed E-state index contributed by atoms with van der Waals surface area (Å²) in [7, 11) is 0. The van der Waals surface area contributed by atoms with Gasteiger partial charge in [0.15, 0.2) is 0 Å². The SMILES string of the molecule is Cc1ccc(CN(C(=O)c2ccc([N+](=O)[O-])cc2)c2cccc(CC(=O)Nc3cccc(C)c3)c2)cc1. The van der Waals surface area contributed by atoms with E-state index in [1.165, 1.54) is 24.3 Å². The quantitative estimate of drug-likeness (QED) is 0.232. The molecule has 0 heterocycles. The van der Waals surface area contributed by atoms with Crippen LogP contribution >= 0.6 is 0 Å². The Morgan fingerprint density at radius 2 is 1.51 bits per heavy atom. The zero-order valence-corrected chi connectivity index (χ0v) is 20.7. The summed E-state index contributed by atoms with van der Waals surface area (Å²) >= 11 is 0. The maximum absolute atomic E-state index is 13.6. The highest BCUT2D eigenvalue weighted by Gasteiger charge is 2.20. The number of amides is 2. The summed E-state index contributed by atoms with van der Waals surface area (Å²) < 4.78 is 0. The Balaban J connectivity index is 1.60. The van der Waals surface area contributed by atoms with Gasteiger partial charge < -0.3 is 10.2 Å². The number of aryl methyl sites for hydroxylation is 2. The van der Waals surface area contributed by atoms with E-state index in [-0.39, 0.29) is 23.9 Å². The van der Waals surface area contributed by atoms with Crippen molar-refractivity contribution >= 4 is 28.9 Å². The van der Waals surface area contributed by atoms with Gasteiger partial charge in [0.25, 0.3) is 11.6 Å². The monoisotopic (exact) mass is 493 g/mol. The number of carbonyl (C=O) groups is 2. The second kappa shape index (κ2) is 11.3. The van der Waals surface area contributed by atoms with Crippen molar-refractivity contribution in [1.82, 2.24) is 0 Å². The molecule has 0 aliphatic heterocycles. The van der Waals surface area contributed by atoms with Crippen LogP contribution in [0.25, 0.3) is 0 Å². The molecule has 0 spiro atoms. The lowest BCUT2D eigenvalue weighted by Gasteiger charge is -2.24. The van der Waals surface area contributed by atoms with Crippen LogP contribution in [-0.2, 0) is 17.8 Å². The number of nitrogens with zero attached hydrogens (tertiary/aromatic N) is 2. The van der Waals surface area contributed by atoms with E-state index in [1.54, 1.807) is 4.90 Å². The van der Waals surface area contributed by atoms with Gasteiger partial charge in [0.2, 0.25) is 5.91 Å². The summed E-state index contributed by atoms with van der Waals surface area (Å²) in [5.41, 5.74) is 5.47. The second-order valence-corrected chi connectivity index (χ2v) is 8.95. The van der Waals surface area contributed by atoms with Crippen LogP contribution in [0.1, 0.15) is 32.6 Å². The van der Waals surface area contributed by atoms with E-state index in [9.17, 15) is 19.7 Å². The fourth-order valence-electron chi connectivity index (χ4n) is 3.99. The molecule has 0 saturated carbocycles. The van der Waals surface area contributed by atoms with Crippen LogP contribution in [-0.4, -0.2) is 16.7 Å². The summed E-state index contributed by atoms with van der Waals surface area (Å²) in [6, 6.07) is 28.4. The molecule has 37 heavy (non-hydrogen) atoms. The molecule has 7 heteroatoms. The van der Waals surface area contributed by atoms with Crippen molar-refractivity contribution in [2.24, 2.45) is 0 Å².